The summed E-state index contributed by atoms with van der Waals surface area (Å²) in [6, 6.07) is 0. The van der Waals surface area contributed by atoms with Crippen LogP contribution in [0.5, 0.6) is 0 Å². The van der Waals surface area contributed by atoms with Crippen molar-refractivity contribution in [3.63, 3.8) is 0 Å². The fraction of sp³-hybridized carbons (Fsp3) is 0.556. The minimum absolute atomic E-state index is 0.000377. The second-order valence-corrected chi connectivity index (χ2v) is 13.6. The van der Waals surface area contributed by atoms with Crippen LogP contribution in [0.4, 0.5) is 9.93 Å². The molecule has 244 valence electrons. The van der Waals surface area contributed by atoms with Crippen LogP contribution >= 0.6 is 23.1 Å². The Labute approximate surface area is 266 Å². The molecule has 0 radical (unpaired) electrons. The summed E-state index contributed by atoms with van der Waals surface area (Å²) in [6.45, 7) is 7.92. The van der Waals surface area contributed by atoms with Crippen LogP contribution in [-0.4, -0.2) is 93.6 Å². The zero-order valence-electron chi connectivity index (χ0n) is 25.2. The van der Waals surface area contributed by atoms with Gasteiger partial charge >= 0.3 is 18.0 Å². The number of fused-ring (bicyclic) bond motifs is 3. The van der Waals surface area contributed by atoms with Crippen LogP contribution in [0.3, 0.4) is 0 Å². The van der Waals surface area contributed by atoms with Crippen LogP contribution in [0.1, 0.15) is 46.7 Å². The number of aromatic nitrogens is 1. The molecular weight excluding hydrogens is 632 g/mol. The first-order valence-corrected chi connectivity index (χ1v) is 15.7. The third kappa shape index (κ3) is 7.55. The zero-order valence-corrected chi connectivity index (χ0v) is 26.9. The van der Waals surface area contributed by atoms with E-state index in [1.54, 1.807) is 26.8 Å². The smallest absolute Gasteiger partial charge is 0.413 e. The number of β-lactam (4-membered cyclic amide) rings is 1. The highest BCUT2D eigenvalue weighted by Crippen LogP contribution is 2.53. The van der Waals surface area contributed by atoms with Crippen molar-refractivity contribution in [2.24, 2.45) is 22.7 Å². The molecule has 3 aliphatic rings. The largest absolute Gasteiger partial charge is 0.457 e. The number of anilines is 1. The second kappa shape index (κ2) is 13.4. The summed E-state index contributed by atoms with van der Waals surface area (Å²) in [5.74, 6) is -4.58. The number of carbonyl (C=O) groups excluding carboxylic acids is 6. The summed E-state index contributed by atoms with van der Waals surface area (Å²) in [5.41, 5.74) is 3.05. The molecule has 3 aliphatic heterocycles. The molecule has 4 N–H and O–H groups in total. The van der Waals surface area contributed by atoms with Crippen LogP contribution in [-0.2, 0) is 43.0 Å². The fourth-order valence-electron chi connectivity index (χ4n) is 4.70. The summed E-state index contributed by atoms with van der Waals surface area (Å²) in [7, 11) is 0. The number of amides is 4. The Hall–Kier alpha value is -4.19. The number of nitrogens with zero attached hydrogens (tertiary/aromatic N) is 3. The first kappa shape index (κ1) is 33.7. The average Bonchev–Trinajstić information content (AvgIpc) is 3.52. The number of nitrogens with one attached hydrogen (secondary N) is 2. The van der Waals surface area contributed by atoms with Crippen LogP contribution in [0.15, 0.2) is 22.2 Å². The number of thiazole rings is 1. The van der Waals surface area contributed by atoms with Crippen molar-refractivity contribution in [1.29, 1.82) is 0 Å². The molecular formula is C27H34N6O10S2. The molecule has 3 saturated heterocycles. The van der Waals surface area contributed by atoms with E-state index in [0.29, 0.717) is 5.75 Å². The van der Waals surface area contributed by atoms with Crippen molar-refractivity contribution in [2.45, 2.75) is 57.7 Å². The van der Waals surface area contributed by atoms with Crippen molar-refractivity contribution in [3.05, 3.63) is 22.7 Å². The predicted molar refractivity (Wildman–Crippen MR) is 161 cm³/mol. The molecule has 4 amide bonds. The Morgan fingerprint density at radius 1 is 1.27 bits per heavy atom. The van der Waals surface area contributed by atoms with Gasteiger partial charge in [0.05, 0.1) is 17.7 Å². The van der Waals surface area contributed by atoms with Gasteiger partial charge in [-0.15, -0.1) is 23.1 Å². The highest BCUT2D eigenvalue weighted by molar-refractivity contribution is 8.00. The zero-order chi connectivity index (χ0) is 33.1. The number of oxime groups is 1. The molecule has 1 aromatic rings. The van der Waals surface area contributed by atoms with Crippen LogP contribution in [0.25, 0.3) is 0 Å². The number of hydrogen-bond donors (Lipinski definition) is 3. The maximum Gasteiger partial charge on any atom is 0.413 e. The van der Waals surface area contributed by atoms with Gasteiger partial charge in [-0.3, -0.25) is 29.4 Å². The molecule has 0 aliphatic carbocycles. The summed E-state index contributed by atoms with van der Waals surface area (Å²) < 4.78 is 16.1. The summed E-state index contributed by atoms with van der Waals surface area (Å²) in [4.78, 5) is 85.9. The molecule has 0 aromatic carbocycles. The number of nitrogens with two attached hydrogens (primary N) is 1. The standard InChI is InChI=1S/C27H34N6O10S2/c1-13(2)6-7-40-23(38)27-14(8-18(35)42-27)11-44-22-15(21(37)33(22)27)9-29-20(36)19(32-41-10-17(28)34)16-12-45-24(30-16)31-25(39)43-26(3,4)5/h6,12,14-15,22H,7-11H2,1-5H3,(H2,28,34)(H,29,36)(H,30,31,39)/b32-19-/t14-,15+,22+,27+/m0/s1. The van der Waals surface area contributed by atoms with Gasteiger partial charge in [-0.25, -0.2) is 14.6 Å². The summed E-state index contributed by atoms with van der Waals surface area (Å²) in [5, 5.41) is 9.72. The Morgan fingerprint density at radius 3 is 2.67 bits per heavy atom. The van der Waals surface area contributed by atoms with Gasteiger partial charge < -0.3 is 30.1 Å². The van der Waals surface area contributed by atoms with Gasteiger partial charge in [-0.05, 0) is 40.7 Å². The number of carbonyl (C=O) groups is 6. The maximum absolute atomic E-state index is 13.4. The topological polar surface area (TPSA) is 218 Å². The Kier molecular flexibility index (Phi) is 10.1. The van der Waals surface area contributed by atoms with Gasteiger partial charge in [0.2, 0.25) is 5.91 Å². The molecule has 16 nitrogen and oxygen atoms in total. The normalized spacial score (nSPS) is 23.9. The molecule has 4 rings (SSSR count). The van der Waals surface area contributed by atoms with E-state index in [0.717, 1.165) is 16.9 Å². The number of hydrogen-bond acceptors (Lipinski definition) is 14. The van der Waals surface area contributed by atoms with Crippen molar-refractivity contribution < 1.29 is 47.8 Å². The van der Waals surface area contributed by atoms with E-state index >= 15 is 0 Å². The van der Waals surface area contributed by atoms with Gasteiger partial charge in [-0.2, -0.15) is 0 Å². The van der Waals surface area contributed by atoms with E-state index in [-0.39, 0.29) is 36.1 Å². The predicted octanol–water partition coefficient (Wildman–Crippen LogP) is 1.11. The molecule has 0 saturated carbocycles. The first-order chi connectivity index (χ1) is 21.1. The van der Waals surface area contributed by atoms with E-state index < -0.39 is 70.9 Å². The lowest BCUT2D eigenvalue weighted by molar-refractivity contribution is -0.221. The highest BCUT2D eigenvalue weighted by Gasteiger charge is 2.71. The minimum atomic E-state index is -1.87. The van der Waals surface area contributed by atoms with Crippen LogP contribution in [0.2, 0.25) is 0 Å². The Bertz CT molecular complexity index is 1450. The van der Waals surface area contributed by atoms with Gasteiger partial charge in [0.25, 0.3) is 17.5 Å². The van der Waals surface area contributed by atoms with Gasteiger partial charge in [0, 0.05) is 23.6 Å². The lowest BCUT2D eigenvalue weighted by atomic mass is 9.86. The number of esters is 2. The van der Waals surface area contributed by atoms with E-state index in [9.17, 15) is 28.8 Å². The molecule has 0 unspecified atom stereocenters. The molecule has 18 heteroatoms. The van der Waals surface area contributed by atoms with Crippen molar-refractivity contribution in [3.8, 4) is 0 Å². The number of rotatable bonds is 11. The second-order valence-electron chi connectivity index (χ2n) is 11.5. The average molecular weight is 667 g/mol. The number of allylic oxidation sites excluding steroid dienone is 1. The Morgan fingerprint density at radius 2 is 2.00 bits per heavy atom. The highest BCUT2D eigenvalue weighted by atomic mass is 32.2. The van der Waals surface area contributed by atoms with Crippen LogP contribution < -0.4 is 16.4 Å². The summed E-state index contributed by atoms with van der Waals surface area (Å²) >= 11 is 2.35. The van der Waals surface area contributed by atoms with Gasteiger partial charge in [0.15, 0.2) is 17.5 Å². The van der Waals surface area contributed by atoms with E-state index in [1.807, 2.05) is 13.8 Å². The van der Waals surface area contributed by atoms with Crippen molar-refractivity contribution in [2.75, 3.05) is 30.8 Å². The minimum Gasteiger partial charge on any atom is -0.457 e. The molecule has 0 bridgehead atoms. The third-order valence-electron chi connectivity index (χ3n) is 6.63. The lowest BCUT2D eigenvalue weighted by Gasteiger charge is -2.57. The number of primary amides is 1. The molecule has 4 heterocycles. The maximum atomic E-state index is 13.4. The molecule has 0 spiro atoms. The Balaban J connectivity index is 1.46. The monoisotopic (exact) mass is 666 g/mol. The molecule has 45 heavy (non-hydrogen) atoms. The van der Waals surface area contributed by atoms with E-state index in [2.05, 4.69) is 20.8 Å². The molecule has 4 atom stereocenters. The molecule has 3 fully saturated rings. The fourth-order valence-corrected chi connectivity index (χ4v) is 7.01. The van der Waals surface area contributed by atoms with Gasteiger partial charge in [-0.1, -0.05) is 10.7 Å². The summed E-state index contributed by atoms with van der Waals surface area (Å²) in [6.07, 6.45) is 0.895. The third-order valence-corrected chi connectivity index (χ3v) is 8.86. The SMILES string of the molecule is CC(C)=CCOC(=O)[C@]12OC(=O)C[C@H]1CS[C@@H]1[C@H](CNC(=O)/C(=N\OCC(N)=O)c3csc(NC(=O)OC(C)(C)C)n3)C(=O)N12. The van der Waals surface area contributed by atoms with E-state index in [4.69, 9.17) is 24.8 Å². The quantitative estimate of drug-likeness (QED) is 0.0756. The van der Waals surface area contributed by atoms with Crippen molar-refractivity contribution in [1.82, 2.24) is 15.2 Å². The van der Waals surface area contributed by atoms with Crippen molar-refractivity contribution >= 4 is 69.7 Å². The molecule has 1 aromatic heterocycles. The first-order valence-electron chi connectivity index (χ1n) is 13.8. The van der Waals surface area contributed by atoms with Crippen LogP contribution in [0, 0.1) is 11.8 Å². The lowest BCUT2D eigenvalue weighted by Crippen LogP contribution is -2.76. The van der Waals surface area contributed by atoms with Gasteiger partial charge in [0.1, 0.15) is 17.9 Å². The number of thioether (sulfide) groups is 1. The number of ether oxygens (including phenoxy) is 3. The van der Waals surface area contributed by atoms with E-state index in [1.165, 1.54) is 22.0 Å².